The summed E-state index contributed by atoms with van der Waals surface area (Å²) in [6.45, 7) is 5.57. The van der Waals surface area contributed by atoms with Crippen LogP contribution in [0.2, 0.25) is 0 Å². The lowest BCUT2D eigenvalue weighted by molar-refractivity contribution is 0.133. The second-order valence-corrected chi connectivity index (χ2v) is 9.80. The molecule has 2 atom stereocenters. The predicted octanol–water partition coefficient (Wildman–Crippen LogP) is 3.63. The molecular formula is C26H36N6. The van der Waals surface area contributed by atoms with E-state index in [4.69, 9.17) is 4.98 Å². The molecule has 6 rings (SSSR count). The number of fused-ring (bicyclic) bond motifs is 4. The molecule has 6 nitrogen and oxygen atoms in total. The summed E-state index contributed by atoms with van der Waals surface area (Å²) in [5.41, 5.74) is 6.37. The number of aryl methyl sites for hydroxylation is 2. The van der Waals surface area contributed by atoms with Crippen molar-refractivity contribution in [3.8, 4) is 0 Å². The Morgan fingerprint density at radius 3 is 2.62 bits per heavy atom. The first-order valence-electron chi connectivity index (χ1n) is 12.2. The number of rotatable bonds is 3. The lowest BCUT2D eigenvalue weighted by Gasteiger charge is -2.45. The molecule has 3 aromatic rings. The molecule has 4 heterocycles. The number of hydrogen-bond donors (Lipinski definition) is 2. The van der Waals surface area contributed by atoms with Crippen molar-refractivity contribution < 1.29 is 0 Å². The monoisotopic (exact) mass is 432 g/mol. The van der Waals surface area contributed by atoms with Crippen LogP contribution in [0.25, 0.3) is 11.0 Å². The Morgan fingerprint density at radius 1 is 1.03 bits per heavy atom. The van der Waals surface area contributed by atoms with Crippen LogP contribution in [0.1, 0.15) is 36.3 Å². The van der Waals surface area contributed by atoms with Gasteiger partial charge in [-0.05, 0) is 81.8 Å². The zero-order valence-corrected chi connectivity index (χ0v) is 19.5. The van der Waals surface area contributed by atoms with Gasteiger partial charge in [0.05, 0.1) is 17.7 Å². The van der Waals surface area contributed by atoms with Crippen LogP contribution < -0.4 is 10.2 Å². The normalized spacial score (nSPS) is 22.9. The fourth-order valence-electron chi connectivity index (χ4n) is 5.84. The van der Waals surface area contributed by atoms with Crippen molar-refractivity contribution in [3.05, 3.63) is 53.6 Å². The van der Waals surface area contributed by atoms with Gasteiger partial charge in [-0.3, -0.25) is 4.98 Å². The number of H-pyrrole nitrogens is 1. The number of para-hydroxylation sites is 1. The molecule has 2 bridgehead atoms. The van der Waals surface area contributed by atoms with E-state index in [-0.39, 0.29) is 0 Å². The third kappa shape index (κ3) is 4.66. The van der Waals surface area contributed by atoms with Gasteiger partial charge >= 0.3 is 0 Å². The molecular weight excluding hydrogens is 396 g/mol. The Labute approximate surface area is 191 Å². The summed E-state index contributed by atoms with van der Waals surface area (Å²) in [4.78, 5) is 17.6. The summed E-state index contributed by atoms with van der Waals surface area (Å²) in [7, 11) is 4.21. The molecule has 2 unspecified atom stereocenters. The van der Waals surface area contributed by atoms with Gasteiger partial charge in [0.25, 0.3) is 0 Å². The van der Waals surface area contributed by atoms with E-state index in [1.807, 2.05) is 19.3 Å². The minimum atomic E-state index is 0.782. The van der Waals surface area contributed by atoms with Crippen LogP contribution in [0.4, 0.5) is 5.69 Å². The summed E-state index contributed by atoms with van der Waals surface area (Å²) in [6.07, 6.45) is 8.38. The highest BCUT2D eigenvalue weighted by atomic mass is 15.2. The summed E-state index contributed by atoms with van der Waals surface area (Å²) < 4.78 is 0. The van der Waals surface area contributed by atoms with Gasteiger partial charge in [-0.25, -0.2) is 4.98 Å². The SMILES string of the molecule is CNCc1nc2c(N3CC4CC(CN(C)C4)C3)cccc2[nH]1.c1cnc2c(c1)CCCC2. The number of likely N-dealkylation sites (tertiary alicyclic amines) is 1. The summed E-state index contributed by atoms with van der Waals surface area (Å²) in [5, 5.41) is 3.17. The number of piperidine rings is 2. The fraction of sp³-hybridized carbons (Fsp3) is 0.538. The van der Waals surface area contributed by atoms with E-state index in [1.165, 1.54) is 62.1 Å². The minimum Gasteiger partial charge on any atom is -0.369 e. The molecule has 2 saturated heterocycles. The van der Waals surface area contributed by atoms with Gasteiger partial charge in [0, 0.05) is 38.1 Å². The van der Waals surface area contributed by atoms with E-state index < -0.39 is 0 Å². The summed E-state index contributed by atoms with van der Waals surface area (Å²) in [5.74, 6) is 2.61. The van der Waals surface area contributed by atoms with Crippen LogP contribution >= 0.6 is 0 Å². The average Bonchev–Trinajstić information content (AvgIpc) is 3.22. The number of aromatic nitrogens is 3. The van der Waals surface area contributed by atoms with E-state index in [9.17, 15) is 0 Å². The fourth-order valence-corrected chi connectivity index (χ4v) is 5.84. The Balaban J connectivity index is 0.000000180. The maximum Gasteiger partial charge on any atom is 0.121 e. The number of nitrogens with zero attached hydrogens (tertiary/aromatic N) is 4. The Bertz CT molecular complexity index is 1000. The van der Waals surface area contributed by atoms with Crippen LogP contribution in [0.5, 0.6) is 0 Å². The third-order valence-electron chi connectivity index (χ3n) is 7.08. The first-order chi connectivity index (χ1) is 15.7. The molecule has 2 aliphatic heterocycles. The summed E-state index contributed by atoms with van der Waals surface area (Å²) in [6, 6.07) is 10.7. The Morgan fingerprint density at radius 2 is 1.84 bits per heavy atom. The van der Waals surface area contributed by atoms with Gasteiger partial charge in [0.15, 0.2) is 0 Å². The molecule has 1 aromatic carbocycles. The van der Waals surface area contributed by atoms with Gasteiger partial charge in [0.2, 0.25) is 0 Å². The quantitative estimate of drug-likeness (QED) is 0.662. The second kappa shape index (κ2) is 9.59. The first kappa shape index (κ1) is 21.4. The van der Waals surface area contributed by atoms with Gasteiger partial charge in [0.1, 0.15) is 11.3 Å². The number of hydrogen-bond acceptors (Lipinski definition) is 5. The molecule has 2 aromatic heterocycles. The molecule has 6 heteroatoms. The van der Waals surface area contributed by atoms with Crippen LogP contribution in [0, 0.1) is 11.8 Å². The number of imidazole rings is 1. The largest absolute Gasteiger partial charge is 0.369 e. The Kier molecular flexibility index (Phi) is 6.42. The van der Waals surface area contributed by atoms with E-state index >= 15 is 0 Å². The van der Waals surface area contributed by atoms with Gasteiger partial charge in [-0.15, -0.1) is 0 Å². The standard InChI is InChI=1S/C17H25N5.C9H11N/c1-18-7-16-19-14-4-3-5-15(17(14)20-16)22-10-12-6-13(11-22)9-21(2)8-12;1-2-6-9-8(4-1)5-3-7-10-9/h3-5,12-13,18H,6-11H2,1-2H3,(H,19,20);3,5,7H,1-2,4,6H2. The molecule has 0 saturated carbocycles. The number of aromatic amines is 1. The molecule has 2 fully saturated rings. The smallest absolute Gasteiger partial charge is 0.121 e. The lowest BCUT2D eigenvalue weighted by Crippen LogP contribution is -2.51. The van der Waals surface area contributed by atoms with Crippen LogP contribution in [-0.4, -0.2) is 60.1 Å². The van der Waals surface area contributed by atoms with E-state index in [0.717, 1.165) is 48.3 Å². The zero-order chi connectivity index (χ0) is 21.9. The summed E-state index contributed by atoms with van der Waals surface area (Å²) >= 11 is 0. The van der Waals surface area contributed by atoms with Crippen molar-refractivity contribution in [2.24, 2.45) is 11.8 Å². The van der Waals surface area contributed by atoms with E-state index in [0.29, 0.717) is 0 Å². The van der Waals surface area contributed by atoms with Crippen molar-refractivity contribution in [2.75, 3.05) is 45.2 Å². The zero-order valence-electron chi connectivity index (χ0n) is 19.5. The van der Waals surface area contributed by atoms with Crippen molar-refractivity contribution in [2.45, 2.75) is 38.6 Å². The average molecular weight is 433 g/mol. The van der Waals surface area contributed by atoms with Gasteiger partial charge < -0.3 is 20.1 Å². The van der Waals surface area contributed by atoms with E-state index in [1.54, 1.807) is 0 Å². The third-order valence-corrected chi connectivity index (χ3v) is 7.08. The van der Waals surface area contributed by atoms with E-state index in [2.05, 4.69) is 56.4 Å². The van der Waals surface area contributed by atoms with Crippen LogP contribution in [-0.2, 0) is 19.4 Å². The maximum absolute atomic E-state index is 4.82. The number of nitrogens with one attached hydrogen (secondary N) is 2. The first-order valence-corrected chi connectivity index (χ1v) is 12.2. The molecule has 0 radical (unpaired) electrons. The topological polar surface area (TPSA) is 60.1 Å². The number of anilines is 1. The van der Waals surface area contributed by atoms with Crippen molar-refractivity contribution in [1.29, 1.82) is 0 Å². The maximum atomic E-state index is 4.82. The van der Waals surface area contributed by atoms with Crippen LogP contribution in [0.15, 0.2) is 36.5 Å². The van der Waals surface area contributed by atoms with Crippen molar-refractivity contribution >= 4 is 16.7 Å². The lowest BCUT2D eigenvalue weighted by atomic mass is 9.84. The highest BCUT2D eigenvalue weighted by Gasteiger charge is 2.33. The molecule has 0 amide bonds. The van der Waals surface area contributed by atoms with Crippen molar-refractivity contribution in [3.63, 3.8) is 0 Å². The highest BCUT2D eigenvalue weighted by Crippen LogP contribution is 2.33. The molecule has 32 heavy (non-hydrogen) atoms. The van der Waals surface area contributed by atoms with Gasteiger partial charge in [-0.1, -0.05) is 12.1 Å². The van der Waals surface area contributed by atoms with Gasteiger partial charge in [-0.2, -0.15) is 0 Å². The number of pyridine rings is 1. The molecule has 3 aliphatic rings. The van der Waals surface area contributed by atoms with Crippen LogP contribution in [0.3, 0.4) is 0 Å². The minimum absolute atomic E-state index is 0.782. The molecule has 1 aliphatic carbocycles. The molecule has 170 valence electrons. The number of benzene rings is 1. The molecule has 2 N–H and O–H groups in total. The highest BCUT2D eigenvalue weighted by molar-refractivity contribution is 5.89. The molecule has 0 spiro atoms. The Hall–Kier alpha value is -2.44. The van der Waals surface area contributed by atoms with Crippen molar-refractivity contribution in [1.82, 2.24) is 25.2 Å². The second-order valence-electron chi connectivity index (χ2n) is 9.80. The predicted molar refractivity (Wildman–Crippen MR) is 131 cm³/mol.